The Hall–Kier alpha value is -0.870. The van der Waals surface area contributed by atoms with Crippen LogP contribution in [0, 0.1) is 0 Å². The summed E-state index contributed by atoms with van der Waals surface area (Å²) in [5.74, 6) is -1.70. The number of Topliss-reactive ketones (excluding diaryl/α,β-unsaturated/α-hetero) is 1. The summed E-state index contributed by atoms with van der Waals surface area (Å²) in [5.41, 5.74) is 0. The van der Waals surface area contributed by atoms with Crippen LogP contribution < -0.4 is 0 Å². The number of carbonyl (C=O) groups excluding carboxylic acids is 1. The monoisotopic (exact) mass is 232 g/mol. The van der Waals surface area contributed by atoms with E-state index in [9.17, 15) is 9.59 Å². The van der Waals surface area contributed by atoms with Crippen molar-refractivity contribution < 1.29 is 14.7 Å². The van der Waals surface area contributed by atoms with E-state index in [-0.39, 0.29) is 11.7 Å². The molecule has 1 heterocycles. The molecule has 14 heavy (non-hydrogen) atoms. The van der Waals surface area contributed by atoms with Gasteiger partial charge < -0.3 is 5.11 Å². The summed E-state index contributed by atoms with van der Waals surface area (Å²) in [7, 11) is 0. The van der Waals surface area contributed by atoms with E-state index in [1.165, 1.54) is 11.3 Å². The van der Waals surface area contributed by atoms with Crippen LogP contribution in [0.25, 0.3) is 0 Å². The van der Waals surface area contributed by atoms with Gasteiger partial charge in [0.1, 0.15) is 0 Å². The summed E-state index contributed by atoms with van der Waals surface area (Å²) >= 11 is 6.57. The maximum atomic E-state index is 11.2. The third-order valence-corrected chi connectivity index (χ3v) is 3.37. The Morgan fingerprint density at radius 3 is 2.71 bits per heavy atom. The second-order valence-corrected chi connectivity index (χ2v) is 4.20. The molecular weight excluding hydrogens is 224 g/mol. The molecule has 1 aromatic rings. The predicted molar refractivity (Wildman–Crippen MR) is 55.4 cm³/mol. The summed E-state index contributed by atoms with van der Waals surface area (Å²) in [5, 5.41) is 8.74. The molecule has 1 unspecified atom stereocenters. The quantitative estimate of drug-likeness (QED) is 0.641. The lowest BCUT2D eigenvalue weighted by Gasteiger charge is -2.00. The van der Waals surface area contributed by atoms with Gasteiger partial charge in [0.25, 0.3) is 0 Å². The molecule has 0 radical (unpaired) electrons. The Morgan fingerprint density at radius 1 is 1.57 bits per heavy atom. The number of halogens is 1. The fourth-order valence-electron chi connectivity index (χ4n) is 0.923. The van der Waals surface area contributed by atoms with Gasteiger partial charge >= 0.3 is 5.97 Å². The zero-order valence-corrected chi connectivity index (χ0v) is 9.06. The minimum absolute atomic E-state index is 0.0680. The van der Waals surface area contributed by atoms with Crippen LogP contribution in [-0.2, 0) is 4.79 Å². The average Bonchev–Trinajstić information content (AvgIpc) is 2.64. The lowest BCUT2D eigenvalue weighted by Crippen LogP contribution is -2.05. The standard InChI is InChI=1S/C9H9ClO3S/c1-5(9(12)13)7-2-3-8(14-7)6(11)4-10/h2-3,5H,4H2,1H3,(H,12,13). The number of rotatable bonds is 4. The van der Waals surface area contributed by atoms with Crippen LogP contribution in [0.5, 0.6) is 0 Å². The molecule has 5 heteroatoms. The van der Waals surface area contributed by atoms with Gasteiger partial charge in [-0.25, -0.2) is 0 Å². The summed E-state index contributed by atoms with van der Waals surface area (Å²) in [6.07, 6.45) is 0. The van der Waals surface area contributed by atoms with Crippen LogP contribution in [-0.4, -0.2) is 22.7 Å². The molecule has 0 fully saturated rings. The fourth-order valence-corrected chi connectivity index (χ4v) is 2.14. The Kier molecular flexibility index (Phi) is 3.66. The van der Waals surface area contributed by atoms with Gasteiger partial charge in [-0.05, 0) is 19.1 Å². The van der Waals surface area contributed by atoms with Crippen LogP contribution in [0.15, 0.2) is 12.1 Å². The van der Waals surface area contributed by atoms with Gasteiger partial charge in [0, 0.05) is 4.88 Å². The zero-order chi connectivity index (χ0) is 10.7. The number of hydrogen-bond donors (Lipinski definition) is 1. The number of alkyl halides is 1. The van der Waals surface area contributed by atoms with Gasteiger partial charge in [-0.1, -0.05) is 0 Å². The second kappa shape index (κ2) is 4.57. The van der Waals surface area contributed by atoms with Crippen molar-refractivity contribution in [3.05, 3.63) is 21.9 Å². The first-order valence-corrected chi connectivity index (χ1v) is 5.33. The fraction of sp³-hybridized carbons (Fsp3) is 0.333. The number of carboxylic acid groups (broad SMARTS) is 1. The Labute approximate surface area is 90.3 Å². The van der Waals surface area contributed by atoms with Crippen LogP contribution in [0.2, 0.25) is 0 Å². The molecule has 0 aliphatic heterocycles. The number of aliphatic carboxylic acids is 1. The summed E-state index contributed by atoms with van der Waals surface area (Å²) in [4.78, 5) is 23.0. The Morgan fingerprint density at radius 2 is 2.21 bits per heavy atom. The highest BCUT2D eigenvalue weighted by atomic mass is 35.5. The number of ketones is 1. The molecule has 0 spiro atoms. The smallest absolute Gasteiger partial charge is 0.311 e. The van der Waals surface area contributed by atoms with Gasteiger partial charge in [0.15, 0.2) is 5.78 Å². The molecule has 1 atom stereocenters. The van der Waals surface area contributed by atoms with Crippen molar-refractivity contribution >= 4 is 34.7 Å². The number of hydrogen-bond acceptors (Lipinski definition) is 3. The first-order chi connectivity index (χ1) is 6.56. The molecule has 0 aliphatic rings. The summed E-state index contributed by atoms with van der Waals surface area (Å²) < 4.78 is 0. The molecule has 0 aliphatic carbocycles. The maximum Gasteiger partial charge on any atom is 0.311 e. The lowest BCUT2D eigenvalue weighted by atomic mass is 10.1. The predicted octanol–water partition coefficient (Wildman–Crippen LogP) is 2.36. The van der Waals surface area contributed by atoms with Crippen LogP contribution in [0.1, 0.15) is 27.4 Å². The molecule has 1 rings (SSSR count). The third kappa shape index (κ3) is 2.33. The summed E-state index contributed by atoms with van der Waals surface area (Å²) in [6, 6.07) is 3.27. The van der Waals surface area contributed by atoms with Crippen LogP contribution >= 0.6 is 22.9 Å². The van der Waals surface area contributed by atoms with E-state index in [2.05, 4.69) is 0 Å². The molecular formula is C9H9ClO3S. The van der Waals surface area contributed by atoms with Crippen molar-refractivity contribution in [2.75, 3.05) is 5.88 Å². The molecule has 0 saturated carbocycles. The zero-order valence-electron chi connectivity index (χ0n) is 7.49. The first kappa shape index (κ1) is 11.2. The molecule has 1 N–H and O–H groups in total. The molecule has 1 aromatic heterocycles. The topological polar surface area (TPSA) is 54.4 Å². The third-order valence-electron chi connectivity index (χ3n) is 1.82. The number of carboxylic acids is 1. The molecule has 3 nitrogen and oxygen atoms in total. The van der Waals surface area contributed by atoms with Crippen molar-refractivity contribution in [1.82, 2.24) is 0 Å². The first-order valence-electron chi connectivity index (χ1n) is 3.98. The molecule has 0 saturated heterocycles. The van der Waals surface area contributed by atoms with E-state index in [0.717, 1.165) is 0 Å². The van der Waals surface area contributed by atoms with E-state index in [1.54, 1.807) is 19.1 Å². The highest BCUT2D eigenvalue weighted by molar-refractivity contribution is 7.14. The van der Waals surface area contributed by atoms with Crippen molar-refractivity contribution in [3.63, 3.8) is 0 Å². The minimum Gasteiger partial charge on any atom is -0.481 e. The van der Waals surface area contributed by atoms with Gasteiger partial charge in [-0.2, -0.15) is 0 Å². The average molecular weight is 233 g/mol. The normalized spacial score (nSPS) is 12.4. The van der Waals surface area contributed by atoms with Gasteiger partial charge in [-0.3, -0.25) is 9.59 Å². The Bertz CT molecular complexity index is 359. The number of thiophene rings is 1. The maximum absolute atomic E-state index is 11.2. The van der Waals surface area contributed by atoms with Crippen molar-refractivity contribution in [2.24, 2.45) is 0 Å². The van der Waals surface area contributed by atoms with E-state index in [4.69, 9.17) is 16.7 Å². The van der Waals surface area contributed by atoms with Crippen molar-refractivity contribution in [2.45, 2.75) is 12.8 Å². The van der Waals surface area contributed by atoms with Crippen molar-refractivity contribution in [3.8, 4) is 0 Å². The van der Waals surface area contributed by atoms with E-state index < -0.39 is 11.9 Å². The second-order valence-electron chi connectivity index (χ2n) is 2.82. The van der Waals surface area contributed by atoms with Crippen LogP contribution in [0.3, 0.4) is 0 Å². The largest absolute Gasteiger partial charge is 0.481 e. The van der Waals surface area contributed by atoms with Gasteiger partial charge in [0.05, 0.1) is 16.7 Å². The highest BCUT2D eigenvalue weighted by Crippen LogP contribution is 2.25. The minimum atomic E-state index is -0.892. The van der Waals surface area contributed by atoms with Gasteiger partial charge in [0.2, 0.25) is 0 Å². The molecule has 0 aromatic carbocycles. The Balaban J connectivity index is 2.88. The molecule has 0 amide bonds. The van der Waals surface area contributed by atoms with Crippen molar-refractivity contribution in [1.29, 1.82) is 0 Å². The van der Waals surface area contributed by atoms with E-state index in [1.807, 2.05) is 0 Å². The van der Waals surface area contributed by atoms with Crippen LogP contribution in [0.4, 0.5) is 0 Å². The van der Waals surface area contributed by atoms with E-state index >= 15 is 0 Å². The lowest BCUT2D eigenvalue weighted by molar-refractivity contribution is -0.138. The SMILES string of the molecule is CC(C(=O)O)c1ccc(C(=O)CCl)s1. The number of carbonyl (C=O) groups is 2. The van der Waals surface area contributed by atoms with E-state index in [0.29, 0.717) is 9.75 Å². The summed E-state index contributed by atoms with van der Waals surface area (Å²) in [6.45, 7) is 1.59. The molecule has 76 valence electrons. The van der Waals surface area contributed by atoms with Gasteiger partial charge in [-0.15, -0.1) is 22.9 Å². The highest BCUT2D eigenvalue weighted by Gasteiger charge is 2.17. The molecule has 0 bridgehead atoms.